The molecule has 1 nitrogen and oxygen atoms in total. The predicted octanol–water partition coefficient (Wildman–Crippen LogP) is 0.895. The Morgan fingerprint density at radius 1 is 1.31 bits per heavy atom. The van der Waals surface area contributed by atoms with Gasteiger partial charge in [-0.25, -0.2) is 0 Å². The van der Waals surface area contributed by atoms with Crippen LogP contribution in [0.2, 0.25) is 0 Å². The van der Waals surface area contributed by atoms with Gasteiger partial charge in [-0.3, -0.25) is 4.79 Å². The van der Waals surface area contributed by atoms with E-state index in [4.69, 9.17) is 0 Å². The van der Waals surface area contributed by atoms with Gasteiger partial charge >= 0.3 is 23.1 Å². The number of hydrogen-bond acceptors (Lipinski definition) is 1. The van der Waals surface area contributed by atoms with E-state index >= 15 is 0 Å². The minimum Gasteiger partial charge on any atom is -1.00 e. The van der Waals surface area contributed by atoms with Crippen molar-refractivity contribution >= 4 is 45.3 Å². The first-order valence-corrected chi connectivity index (χ1v) is 5.53. The predicted molar refractivity (Wildman–Crippen MR) is 70.2 cm³/mol. The standard InChI is InChI=1S/C7H5BrO.C5H11.BrH.Mg/c8-7-3-1-6(5-9)2-4-7;1-3-5-4-2;;/h1-5H;1,3-5H2,2H3;1H;/q;-1;;+2/p-1. The number of carbonyl (C=O) groups excluding carboxylic acids is 1. The molecule has 16 heavy (non-hydrogen) atoms. The Balaban J connectivity index is -0.000000214. The molecule has 0 saturated heterocycles. The van der Waals surface area contributed by atoms with Gasteiger partial charge in [0.15, 0.2) is 0 Å². The first-order chi connectivity index (χ1) is 6.74. The van der Waals surface area contributed by atoms with Gasteiger partial charge in [0.2, 0.25) is 0 Å². The fourth-order valence-corrected chi connectivity index (χ4v) is 1.06. The number of benzene rings is 1. The molecular formula is C12H16Br2MgO. The van der Waals surface area contributed by atoms with Crippen LogP contribution in [-0.2, 0) is 0 Å². The van der Waals surface area contributed by atoms with Crippen molar-refractivity contribution in [3.8, 4) is 0 Å². The van der Waals surface area contributed by atoms with Gasteiger partial charge in [-0.1, -0.05) is 47.8 Å². The van der Waals surface area contributed by atoms with Gasteiger partial charge in [0, 0.05) is 10.0 Å². The third-order valence-corrected chi connectivity index (χ3v) is 2.14. The number of rotatable bonds is 3. The van der Waals surface area contributed by atoms with E-state index in [0.717, 1.165) is 17.2 Å². The summed E-state index contributed by atoms with van der Waals surface area (Å²) in [7, 11) is 0. The summed E-state index contributed by atoms with van der Waals surface area (Å²) in [5, 5.41) is 0. The zero-order valence-electron chi connectivity index (χ0n) is 9.59. The molecule has 0 aliphatic carbocycles. The van der Waals surface area contributed by atoms with Gasteiger partial charge in [-0.05, 0) is 12.1 Å². The smallest absolute Gasteiger partial charge is 1.00 e. The van der Waals surface area contributed by atoms with Crippen molar-refractivity contribution in [1.29, 1.82) is 0 Å². The summed E-state index contributed by atoms with van der Waals surface area (Å²) < 4.78 is 0.994. The van der Waals surface area contributed by atoms with E-state index in [2.05, 4.69) is 29.8 Å². The molecule has 0 aliphatic heterocycles. The van der Waals surface area contributed by atoms with Crippen LogP contribution in [0.1, 0.15) is 36.5 Å². The molecule has 1 aromatic rings. The molecular weight excluding hydrogens is 344 g/mol. The minimum absolute atomic E-state index is 0. The van der Waals surface area contributed by atoms with Crippen LogP contribution in [0.4, 0.5) is 0 Å². The number of halogens is 2. The molecule has 0 fully saturated rings. The van der Waals surface area contributed by atoms with Crippen LogP contribution < -0.4 is 17.0 Å². The van der Waals surface area contributed by atoms with Crippen LogP contribution in [0.15, 0.2) is 28.7 Å². The zero-order valence-corrected chi connectivity index (χ0v) is 14.2. The fraction of sp³-hybridized carbons (Fsp3) is 0.333. The van der Waals surface area contributed by atoms with E-state index in [-0.39, 0.29) is 40.0 Å². The van der Waals surface area contributed by atoms with Crippen molar-refractivity contribution in [3.05, 3.63) is 41.2 Å². The van der Waals surface area contributed by atoms with Crippen molar-refractivity contribution in [2.75, 3.05) is 0 Å². The zero-order chi connectivity index (χ0) is 10.8. The van der Waals surface area contributed by atoms with Gasteiger partial charge in [-0.2, -0.15) is 6.42 Å². The van der Waals surface area contributed by atoms with Crippen LogP contribution in [0, 0.1) is 6.92 Å². The van der Waals surface area contributed by atoms with Crippen molar-refractivity contribution < 1.29 is 21.8 Å². The molecule has 0 aromatic heterocycles. The molecule has 4 heteroatoms. The molecule has 0 bridgehead atoms. The van der Waals surface area contributed by atoms with Crippen LogP contribution in [0.25, 0.3) is 0 Å². The van der Waals surface area contributed by atoms with Gasteiger partial charge < -0.3 is 23.9 Å². The first-order valence-electron chi connectivity index (χ1n) is 4.74. The van der Waals surface area contributed by atoms with E-state index in [0.29, 0.717) is 5.56 Å². The number of hydrogen-bond donors (Lipinski definition) is 0. The van der Waals surface area contributed by atoms with E-state index < -0.39 is 0 Å². The second-order valence-corrected chi connectivity index (χ2v) is 3.79. The van der Waals surface area contributed by atoms with E-state index in [1.807, 2.05) is 12.1 Å². The Labute approximate surface area is 133 Å². The molecule has 1 rings (SSSR count). The van der Waals surface area contributed by atoms with Gasteiger partial charge in [0.05, 0.1) is 0 Å². The maximum atomic E-state index is 10.1. The summed E-state index contributed by atoms with van der Waals surface area (Å²) in [4.78, 5) is 10.1. The van der Waals surface area contributed by atoms with Gasteiger partial charge in [0.1, 0.15) is 6.29 Å². The largest absolute Gasteiger partial charge is 2.00 e. The van der Waals surface area contributed by atoms with Crippen molar-refractivity contribution in [1.82, 2.24) is 0 Å². The van der Waals surface area contributed by atoms with E-state index in [1.54, 1.807) is 12.1 Å². The number of aldehydes is 1. The number of unbranched alkanes of at least 4 members (excludes halogenated alkanes) is 2. The number of carbonyl (C=O) groups is 1. The first kappa shape index (κ1) is 21.9. The topological polar surface area (TPSA) is 17.1 Å². The van der Waals surface area contributed by atoms with Crippen molar-refractivity contribution in [2.45, 2.75) is 26.2 Å². The van der Waals surface area contributed by atoms with Crippen LogP contribution in [0.3, 0.4) is 0 Å². The molecule has 0 amide bonds. The second kappa shape index (κ2) is 15.6. The maximum Gasteiger partial charge on any atom is 2.00 e. The molecule has 0 unspecified atom stereocenters. The molecule has 0 aliphatic rings. The van der Waals surface area contributed by atoms with Gasteiger partial charge in [-0.15, -0.1) is 0 Å². The monoisotopic (exact) mass is 358 g/mol. The summed E-state index contributed by atoms with van der Waals surface area (Å²) in [6.45, 7) is 5.85. The molecule has 0 saturated carbocycles. The molecule has 86 valence electrons. The Kier molecular flexibility index (Phi) is 21.3. The Morgan fingerprint density at radius 2 is 1.81 bits per heavy atom. The van der Waals surface area contributed by atoms with Gasteiger partial charge in [0.25, 0.3) is 0 Å². The molecule has 0 radical (unpaired) electrons. The SMILES string of the molecule is O=Cc1ccc(Br)cc1.[Br-].[CH2-]CCCC.[Mg+2]. The normalized spacial score (nSPS) is 7.69. The maximum absolute atomic E-state index is 10.1. The Hall–Kier alpha value is 0.616. The quantitative estimate of drug-likeness (QED) is 0.445. The Bertz CT molecular complexity index is 248. The van der Waals surface area contributed by atoms with Crippen LogP contribution >= 0.6 is 15.9 Å². The third-order valence-electron chi connectivity index (χ3n) is 1.61. The minimum atomic E-state index is 0. The van der Waals surface area contributed by atoms with Crippen LogP contribution in [-0.4, -0.2) is 29.3 Å². The molecule has 0 atom stereocenters. The third kappa shape index (κ3) is 12.7. The second-order valence-electron chi connectivity index (χ2n) is 2.88. The molecule has 0 heterocycles. The average molecular weight is 360 g/mol. The molecule has 0 N–H and O–H groups in total. The fourth-order valence-electron chi connectivity index (χ4n) is 0.791. The van der Waals surface area contributed by atoms with Crippen LogP contribution in [0.5, 0.6) is 0 Å². The average Bonchev–Trinajstić information content (AvgIpc) is 2.21. The summed E-state index contributed by atoms with van der Waals surface area (Å²) >= 11 is 3.26. The summed E-state index contributed by atoms with van der Waals surface area (Å²) in [5.41, 5.74) is 0.707. The van der Waals surface area contributed by atoms with Crippen molar-refractivity contribution in [3.63, 3.8) is 0 Å². The van der Waals surface area contributed by atoms with E-state index in [9.17, 15) is 4.79 Å². The summed E-state index contributed by atoms with van der Waals surface area (Å²) in [5.74, 6) is 0. The summed E-state index contributed by atoms with van der Waals surface area (Å²) in [6, 6.07) is 7.20. The summed E-state index contributed by atoms with van der Waals surface area (Å²) in [6.07, 6.45) is 4.48. The molecule has 0 spiro atoms. The molecule has 1 aromatic carbocycles. The Morgan fingerprint density at radius 3 is 2.06 bits per heavy atom. The van der Waals surface area contributed by atoms with E-state index in [1.165, 1.54) is 12.8 Å². The van der Waals surface area contributed by atoms with Crippen molar-refractivity contribution in [2.24, 2.45) is 0 Å².